The van der Waals surface area contributed by atoms with E-state index in [0.717, 1.165) is 12.8 Å². The van der Waals surface area contributed by atoms with Crippen molar-refractivity contribution in [3.8, 4) is 0 Å². The molecule has 0 amide bonds. The Bertz CT molecular complexity index is 293. The minimum absolute atomic E-state index is 0.162. The summed E-state index contributed by atoms with van der Waals surface area (Å²) in [5.41, 5.74) is 0. The molecule has 0 N–H and O–H groups in total. The lowest BCUT2D eigenvalue weighted by atomic mass is 9.73. The van der Waals surface area contributed by atoms with Crippen LogP contribution in [0.25, 0.3) is 0 Å². The summed E-state index contributed by atoms with van der Waals surface area (Å²) in [6.45, 7) is 4.85. The topological polar surface area (TPSA) is 36.9 Å². The van der Waals surface area contributed by atoms with Crippen LogP contribution in [0, 0.1) is 11.8 Å². The zero-order chi connectivity index (χ0) is 11.6. The van der Waals surface area contributed by atoms with Crippen LogP contribution >= 0.6 is 0 Å². The van der Waals surface area contributed by atoms with Crippen LogP contribution in [0.5, 0.6) is 0 Å². The molecule has 96 valence electrons. The second-order valence-electron chi connectivity index (χ2n) is 5.63. The zero-order valence-electron chi connectivity index (χ0n) is 10.4. The molecule has 8 unspecified atom stereocenters. The average Bonchev–Trinajstić information content (AvgIpc) is 3.05. The van der Waals surface area contributed by atoms with E-state index in [0.29, 0.717) is 30.8 Å². The summed E-state index contributed by atoms with van der Waals surface area (Å²) in [7, 11) is 0. The molecule has 4 nitrogen and oxygen atoms in total. The predicted octanol–water partition coefficient (Wildman–Crippen LogP) is 1.33. The predicted molar refractivity (Wildman–Crippen MR) is 59.5 cm³/mol. The summed E-state index contributed by atoms with van der Waals surface area (Å²) in [6.07, 6.45) is 3.59. The summed E-state index contributed by atoms with van der Waals surface area (Å²) >= 11 is 0. The summed E-state index contributed by atoms with van der Waals surface area (Å²) in [6, 6.07) is 0. The van der Waals surface area contributed by atoms with Crippen LogP contribution in [0.3, 0.4) is 0 Å². The van der Waals surface area contributed by atoms with Crippen molar-refractivity contribution in [2.75, 3.05) is 6.79 Å². The van der Waals surface area contributed by atoms with Crippen LogP contribution in [-0.4, -0.2) is 43.4 Å². The fourth-order valence-electron chi connectivity index (χ4n) is 4.41. The molecular weight excluding hydrogens is 220 g/mol. The van der Waals surface area contributed by atoms with Gasteiger partial charge in [-0.15, -0.1) is 0 Å². The molecule has 0 radical (unpaired) electrons. The van der Waals surface area contributed by atoms with Crippen LogP contribution in [0.4, 0.5) is 0 Å². The molecular formula is C13H20O4. The molecule has 0 saturated carbocycles. The van der Waals surface area contributed by atoms with Crippen LogP contribution in [0.15, 0.2) is 0 Å². The third kappa shape index (κ3) is 1.22. The van der Waals surface area contributed by atoms with E-state index in [1.54, 1.807) is 0 Å². The number of rotatable bonds is 2. The normalized spacial score (nSPS) is 59.6. The third-order valence-electron chi connectivity index (χ3n) is 5.02. The lowest BCUT2D eigenvalue weighted by Gasteiger charge is -2.30. The molecule has 2 bridgehead atoms. The van der Waals surface area contributed by atoms with Crippen LogP contribution in [0.2, 0.25) is 0 Å². The van der Waals surface area contributed by atoms with Gasteiger partial charge in [0.2, 0.25) is 0 Å². The van der Waals surface area contributed by atoms with Gasteiger partial charge in [0.1, 0.15) is 19.0 Å². The van der Waals surface area contributed by atoms with Crippen LogP contribution < -0.4 is 0 Å². The van der Waals surface area contributed by atoms with Crippen molar-refractivity contribution in [1.29, 1.82) is 0 Å². The van der Waals surface area contributed by atoms with Gasteiger partial charge >= 0.3 is 0 Å². The van der Waals surface area contributed by atoms with Crippen molar-refractivity contribution < 1.29 is 18.9 Å². The van der Waals surface area contributed by atoms with Gasteiger partial charge in [-0.2, -0.15) is 0 Å². The van der Waals surface area contributed by atoms with Gasteiger partial charge in [-0.05, 0) is 12.8 Å². The Labute approximate surface area is 102 Å². The van der Waals surface area contributed by atoms with Crippen molar-refractivity contribution in [1.82, 2.24) is 0 Å². The van der Waals surface area contributed by atoms with Crippen molar-refractivity contribution in [3.05, 3.63) is 0 Å². The first-order chi connectivity index (χ1) is 8.35. The average molecular weight is 240 g/mol. The van der Waals surface area contributed by atoms with Crippen LogP contribution in [0.1, 0.15) is 26.7 Å². The van der Waals surface area contributed by atoms with E-state index < -0.39 is 0 Å². The zero-order valence-corrected chi connectivity index (χ0v) is 10.4. The Kier molecular flexibility index (Phi) is 2.32. The van der Waals surface area contributed by atoms with Gasteiger partial charge < -0.3 is 18.9 Å². The highest BCUT2D eigenvalue weighted by atomic mass is 16.7. The first-order valence-corrected chi connectivity index (χ1v) is 6.89. The third-order valence-corrected chi connectivity index (χ3v) is 5.02. The van der Waals surface area contributed by atoms with E-state index in [1.807, 2.05) is 0 Å². The summed E-state index contributed by atoms with van der Waals surface area (Å²) < 4.78 is 23.7. The van der Waals surface area contributed by atoms with E-state index in [-0.39, 0.29) is 24.4 Å². The second-order valence-corrected chi connectivity index (χ2v) is 5.63. The number of ether oxygens (including phenoxy) is 4. The first-order valence-electron chi connectivity index (χ1n) is 6.89. The molecule has 0 aromatic rings. The molecule has 4 rings (SSSR count). The monoisotopic (exact) mass is 240 g/mol. The fraction of sp³-hybridized carbons (Fsp3) is 1.00. The van der Waals surface area contributed by atoms with Gasteiger partial charge in [-0.1, -0.05) is 13.8 Å². The van der Waals surface area contributed by atoms with E-state index in [1.165, 1.54) is 0 Å². The molecule has 4 saturated heterocycles. The molecule has 4 aliphatic heterocycles. The van der Waals surface area contributed by atoms with Gasteiger partial charge in [0.05, 0.1) is 24.4 Å². The Morgan fingerprint density at radius 3 is 1.76 bits per heavy atom. The van der Waals surface area contributed by atoms with E-state index in [2.05, 4.69) is 13.8 Å². The molecule has 0 spiro atoms. The van der Waals surface area contributed by atoms with Gasteiger partial charge in [0.15, 0.2) is 0 Å². The minimum atomic E-state index is 0.162. The maximum Gasteiger partial charge on any atom is 0.148 e. The van der Waals surface area contributed by atoms with Crippen molar-refractivity contribution in [2.45, 2.75) is 63.3 Å². The molecule has 4 fully saturated rings. The maximum absolute atomic E-state index is 6.18. The summed E-state index contributed by atoms with van der Waals surface area (Å²) in [5.74, 6) is 1.05. The molecule has 4 aliphatic rings. The van der Waals surface area contributed by atoms with Gasteiger partial charge in [0, 0.05) is 11.8 Å². The standard InChI is InChI=1S/C13H20O4/c1-3-6-8-9(7(4-2)16-6)11-13-12(10(8)17-11)14-5-15-13/h6-13H,3-5H2,1-2H3. The molecule has 0 aromatic heterocycles. The lowest BCUT2D eigenvalue weighted by Crippen LogP contribution is -2.47. The smallest absolute Gasteiger partial charge is 0.148 e. The van der Waals surface area contributed by atoms with Gasteiger partial charge in [0.25, 0.3) is 0 Å². The maximum atomic E-state index is 6.18. The quantitative estimate of drug-likeness (QED) is 0.729. The Morgan fingerprint density at radius 2 is 1.29 bits per heavy atom. The highest BCUT2D eigenvalue weighted by Crippen LogP contribution is 2.55. The number of fused-ring (bicyclic) bond motifs is 8. The molecule has 17 heavy (non-hydrogen) atoms. The van der Waals surface area contributed by atoms with Crippen molar-refractivity contribution in [3.63, 3.8) is 0 Å². The van der Waals surface area contributed by atoms with Crippen molar-refractivity contribution in [2.24, 2.45) is 11.8 Å². The largest absolute Gasteiger partial charge is 0.374 e. The fourth-order valence-corrected chi connectivity index (χ4v) is 4.41. The van der Waals surface area contributed by atoms with Gasteiger partial charge in [-0.3, -0.25) is 0 Å². The highest BCUT2D eigenvalue weighted by Gasteiger charge is 2.68. The second kappa shape index (κ2) is 3.67. The number of hydrogen-bond acceptors (Lipinski definition) is 4. The molecule has 0 aromatic carbocycles. The van der Waals surface area contributed by atoms with E-state index in [9.17, 15) is 0 Å². The minimum Gasteiger partial charge on any atom is -0.374 e. The Hall–Kier alpha value is -0.160. The van der Waals surface area contributed by atoms with Crippen LogP contribution in [-0.2, 0) is 18.9 Å². The lowest BCUT2D eigenvalue weighted by molar-refractivity contribution is -0.0837. The number of hydrogen-bond donors (Lipinski definition) is 0. The Morgan fingerprint density at radius 1 is 0.765 bits per heavy atom. The molecule has 8 atom stereocenters. The van der Waals surface area contributed by atoms with E-state index in [4.69, 9.17) is 18.9 Å². The Balaban J connectivity index is 1.67. The molecule has 4 heterocycles. The summed E-state index contributed by atoms with van der Waals surface area (Å²) in [5, 5.41) is 0. The molecule has 4 heteroatoms. The summed E-state index contributed by atoms with van der Waals surface area (Å²) in [4.78, 5) is 0. The van der Waals surface area contributed by atoms with Gasteiger partial charge in [-0.25, -0.2) is 0 Å². The molecule has 0 aliphatic carbocycles. The SMILES string of the molecule is CCC1OC(CC)C2C3OC(C4OCOC43)C12. The first kappa shape index (κ1) is 10.7. The van der Waals surface area contributed by atoms with Crippen molar-refractivity contribution >= 4 is 0 Å². The highest BCUT2D eigenvalue weighted by molar-refractivity contribution is 5.14. The van der Waals surface area contributed by atoms with E-state index >= 15 is 0 Å².